The number of esters is 1. The molecule has 0 aliphatic carbocycles. The third-order valence-corrected chi connectivity index (χ3v) is 5.70. The highest BCUT2D eigenvalue weighted by molar-refractivity contribution is 5.84. The molecule has 1 aliphatic heterocycles. The summed E-state index contributed by atoms with van der Waals surface area (Å²) in [5.74, 6) is -0.858. The predicted octanol–water partition coefficient (Wildman–Crippen LogP) is 2.72. The highest BCUT2D eigenvalue weighted by atomic mass is 19.1. The van der Waals surface area contributed by atoms with Crippen LogP contribution in [0.2, 0.25) is 0 Å². The second kappa shape index (κ2) is 8.60. The number of fused-ring (bicyclic) bond motifs is 1. The van der Waals surface area contributed by atoms with Gasteiger partial charge in [-0.1, -0.05) is 30.3 Å². The van der Waals surface area contributed by atoms with Crippen molar-refractivity contribution in [2.24, 2.45) is 11.5 Å². The Hall–Kier alpha value is -3.43. The zero-order chi connectivity index (χ0) is 22.9. The van der Waals surface area contributed by atoms with Gasteiger partial charge in [0, 0.05) is 36.0 Å². The van der Waals surface area contributed by atoms with E-state index >= 15 is 0 Å². The van der Waals surface area contributed by atoms with Crippen LogP contribution in [0.5, 0.6) is 0 Å². The molecular weight excluding hydrogens is 415 g/mol. The molecule has 3 aromatic rings. The number of nitrogens with one attached hydrogen (secondary N) is 1. The average Bonchev–Trinajstić information content (AvgIpc) is 3.37. The molecule has 8 nitrogen and oxygen atoms in total. The number of carbonyl (C=O) groups is 2. The molecule has 0 spiro atoms. The SMILES string of the molecule is CC(=O)OC1CC(C(N)(N)c2c[nH]c3cc(F)ccc23)N(C(=O)OCc2ccccc2)C1. The van der Waals surface area contributed by atoms with Crippen LogP contribution >= 0.6 is 0 Å². The summed E-state index contributed by atoms with van der Waals surface area (Å²) in [5.41, 5.74) is 13.6. The summed E-state index contributed by atoms with van der Waals surface area (Å²) < 4.78 is 24.4. The first kappa shape index (κ1) is 21.8. The summed E-state index contributed by atoms with van der Waals surface area (Å²) in [6.07, 6.45) is 0.660. The van der Waals surface area contributed by atoms with Gasteiger partial charge in [0.15, 0.2) is 0 Å². The minimum atomic E-state index is -1.52. The van der Waals surface area contributed by atoms with Gasteiger partial charge in [0.05, 0.1) is 12.6 Å². The highest BCUT2D eigenvalue weighted by Crippen LogP contribution is 2.35. The first-order valence-corrected chi connectivity index (χ1v) is 10.2. The normalized spacial score (nSPS) is 18.7. The number of carbonyl (C=O) groups excluding carboxylic acids is 2. The standard InChI is InChI=1S/C23H25FN4O4/c1-14(29)32-17-10-21(28(12-17)22(30)31-13-15-5-3-2-4-6-15)23(25,26)19-11-27-20-9-16(24)7-8-18(19)20/h2-9,11,17,21,27H,10,12-13,25-26H2,1H3. The Labute approximate surface area is 184 Å². The van der Waals surface area contributed by atoms with Crippen LogP contribution in [0.25, 0.3) is 10.9 Å². The maximum absolute atomic E-state index is 13.6. The van der Waals surface area contributed by atoms with Crippen molar-refractivity contribution in [3.63, 3.8) is 0 Å². The van der Waals surface area contributed by atoms with Crippen LogP contribution in [0, 0.1) is 5.82 Å². The van der Waals surface area contributed by atoms with Gasteiger partial charge < -0.3 is 25.9 Å². The number of likely N-dealkylation sites (tertiary alicyclic amines) is 1. The minimum absolute atomic E-state index is 0.0790. The number of rotatable bonds is 5. The lowest BCUT2D eigenvalue weighted by atomic mass is 9.90. The number of amides is 1. The molecule has 2 aromatic carbocycles. The smallest absolute Gasteiger partial charge is 0.410 e. The number of hydrogen-bond acceptors (Lipinski definition) is 6. The molecule has 5 N–H and O–H groups in total. The van der Waals surface area contributed by atoms with Crippen LogP contribution in [-0.4, -0.2) is 40.6 Å². The molecule has 1 aromatic heterocycles. The second-order valence-electron chi connectivity index (χ2n) is 8.00. The molecule has 4 rings (SSSR count). The number of benzene rings is 2. The van der Waals surface area contributed by atoms with Crippen molar-refractivity contribution in [1.82, 2.24) is 9.88 Å². The lowest BCUT2D eigenvalue weighted by Gasteiger charge is -2.36. The third-order valence-electron chi connectivity index (χ3n) is 5.70. The van der Waals surface area contributed by atoms with Crippen molar-refractivity contribution in [1.29, 1.82) is 0 Å². The maximum Gasteiger partial charge on any atom is 0.410 e. The lowest BCUT2D eigenvalue weighted by molar-refractivity contribution is -0.145. The Bertz CT molecular complexity index is 1130. The van der Waals surface area contributed by atoms with Gasteiger partial charge in [-0.15, -0.1) is 0 Å². The fourth-order valence-electron chi connectivity index (χ4n) is 4.21. The Morgan fingerprint density at radius 3 is 2.69 bits per heavy atom. The van der Waals surface area contributed by atoms with Gasteiger partial charge in [-0.2, -0.15) is 0 Å². The maximum atomic E-state index is 13.6. The van der Waals surface area contributed by atoms with Crippen molar-refractivity contribution in [2.45, 2.75) is 37.8 Å². The summed E-state index contributed by atoms with van der Waals surface area (Å²) in [7, 11) is 0. The number of nitrogens with two attached hydrogens (primary N) is 2. The highest BCUT2D eigenvalue weighted by Gasteiger charge is 2.48. The fraction of sp³-hybridized carbons (Fsp3) is 0.304. The van der Waals surface area contributed by atoms with Crippen LogP contribution in [0.15, 0.2) is 54.7 Å². The molecule has 1 fully saturated rings. The largest absolute Gasteiger partial charge is 0.461 e. The second-order valence-corrected chi connectivity index (χ2v) is 8.00. The molecular formula is C23H25FN4O4. The molecule has 0 bridgehead atoms. The van der Waals surface area contributed by atoms with E-state index < -0.39 is 35.7 Å². The molecule has 0 radical (unpaired) electrons. The topological polar surface area (TPSA) is 124 Å². The van der Waals surface area contributed by atoms with Crippen LogP contribution in [0.4, 0.5) is 9.18 Å². The van der Waals surface area contributed by atoms with Crippen molar-refractivity contribution in [3.05, 3.63) is 71.7 Å². The van der Waals surface area contributed by atoms with Crippen LogP contribution in [0.3, 0.4) is 0 Å². The fourth-order valence-corrected chi connectivity index (χ4v) is 4.21. The first-order valence-electron chi connectivity index (χ1n) is 10.2. The predicted molar refractivity (Wildman–Crippen MR) is 116 cm³/mol. The van der Waals surface area contributed by atoms with E-state index in [4.69, 9.17) is 20.9 Å². The van der Waals surface area contributed by atoms with Gasteiger partial charge in [0.25, 0.3) is 0 Å². The van der Waals surface area contributed by atoms with Gasteiger partial charge in [-0.25, -0.2) is 9.18 Å². The molecule has 2 heterocycles. The zero-order valence-electron chi connectivity index (χ0n) is 17.6. The van der Waals surface area contributed by atoms with Crippen LogP contribution in [0.1, 0.15) is 24.5 Å². The molecule has 1 saturated heterocycles. The van der Waals surface area contributed by atoms with Gasteiger partial charge in [-0.3, -0.25) is 9.69 Å². The molecule has 2 atom stereocenters. The van der Waals surface area contributed by atoms with E-state index in [9.17, 15) is 14.0 Å². The van der Waals surface area contributed by atoms with Crippen molar-refractivity contribution < 1.29 is 23.5 Å². The molecule has 0 saturated carbocycles. The number of hydrogen-bond donors (Lipinski definition) is 3. The average molecular weight is 440 g/mol. The number of H-pyrrole nitrogens is 1. The molecule has 1 amide bonds. The number of ether oxygens (including phenoxy) is 2. The van der Waals surface area contributed by atoms with Gasteiger partial charge >= 0.3 is 12.1 Å². The van der Waals surface area contributed by atoms with Gasteiger partial charge in [0.2, 0.25) is 0 Å². The van der Waals surface area contributed by atoms with Crippen molar-refractivity contribution in [3.8, 4) is 0 Å². The Morgan fingerprint density at radius 2 is 1.97 bits per heavy atom. The van der Waals surface area contributed by atoms with Crippen molar-refractivity contribution in [2.75, 3.05) is 6.54 Å². The minimum Gasteiger partial charge on any atom is -0.461 e. The Kier molecular flexibility index (Phi) is 5.86. The Morgan fingerprint density at radius 1 is 1.22 bits per heavy atom. The van der Waals surface area contributed by atoms with E-state index in [0.29, 0.717) is 16.5 Å². The lowest BCUT2D eigenvalue weighted by Crippen LogP contribution is -2.61. The van der Waals surface area contributed by atoms with Crippen molar-refractivity contribution >= 4 is 23.0 Å². The Balaban J connectivity index is 1.61. The summed E-state index contributed by atoms with van der Waals surface area (Å²) in [6.45, 7) is 1.48. The quantitative estimate of drug-likeness (QED) is 0.414. The number of aromatic nitrogens is 1. The number of nitrogens with zero attached hydrogens (tertiary/aromatic N) is 1. The monoisotopic (exact) mass is 440 g/mol. The third kappa shape index (κ3) is 4.30. The van der Waals surface area contributed by atoms with E-state index in [2.05, 4.69) is 4.98 Å². The summed E-state index contributed by atoms with van der Waals surface area (Å²) >= 11 is 0. The molecule has 168 valence electrons. The number of aromatic amines is 1. The summed E-state index contributed by atoms with van der Waals surface area (Å²) in [4.78, 5) is 28.9. The number of halogens is 1. The van der Waals surface area contributed by atoms with Crippen LogP contribution in [-0.2, 0) is 26.5 Å². The van der Waals surface area contributed by atoms with E-state index in [1.807, 2.05) is 30.3 Å². The summed E-state index contributed by atoms with van der Waals surface area (Å²) in [5, 5.41) is 0.643. The molecule has 2 unspecified atom stereocenters. The van der Waals surface area contributed by atoms with Crippen LogP contribution < -0.4 is 11.5 Å². The molecule has 32 heavy (non-hydrogen) atoms. The van der Waals surface area contributed by atoms with Gasteiger partial charge in [0.1, 0.15) is 24.2 Å². The van der Waals surface area contributed by atoms with E-state index in [-0.39, 0.29) is 19.6 Å². The van der Waals surface area contributed by atoms with E-state index in [1.54, 1.807) is 12.3 Å². The zero-order valence-corrected chi connectivity index (χ0v) is 17.6. The first-order chi connectivity index (χ1) is 15.3. The van der Waals surface area contributed by atoms with E-state index in [0.717, 1.165) is 5.56 Å². The van der Waals surface area contributed by atoms with Gasteiger partial charge in [-0.05, 0) is 23.8 Å². The molecule has 1 aliphatic rings. The molecule has 9 heteroatoms. The summed E-state index contributed by atoms with van der Waals surface area (Å²) in [6, 6.07) is 12.8. The van der Waals surface area contributed by atoms with E-state index in [1.165, 1.54) is 24.0 Å².